The van der Waals surface area contributed by atoms with Gasteiger partial charge in [0.15, 0.2) is 0 Å². The quantitative estimate of drug-likeness (QED) is 0.304. The van der Waals surface area contributed by atoms with Gasteiger partial charge in [0, 0.05) is 5.56 Å². The van der Waals surface area contributed by atoms with Crippen LogP contribution >= 0.6 is 0 Å². The highest BCUT2D eigenvalue weighted by Crippen LogP contribution is 2.24. The Labute approximate surface area is 135 Å². The van der Waals surface area contributed by atoms with E-state index in [4.69, 9.17) is 0 Å². The topological polar surface area (TPSA) is 24.4 Å². The fourth-order valence-electron chi connectivity index (χ4n) is 2.79. The SMILES string of the molecule is C(=NNc1ccccc1)c1cccc2cc3ccccc3cc12. The normalized spacial score (nSPS) is 11.3. The standard InChI is InChI=1S/C21H16N2/c1-2-11-20(12-3-1)23-22-15-19-10-6-9-18-13-16-7-4-5-8-17(16)14-21(18)19/h1-15,23H. The van der Waals surface area contributed by atoms with Crippen LogP contribution in [0.2, 0.25) is 0 Å². The van der Waals surface area contributed by atoms with Crippen LogP contribution in [0.5, 0.6) is 0 Å². The molecule has 0 amide bonds. The molecule has 0 bridgehead atoms. The molecule has 110 valence electrons. The molecule has 1 N–H and O–H groups in total. The van der Waals surface area contributed by atoms with Crippen molar-refractivity contribution in [3.8, 4) is 0 Å². The van der Waals surface area contributed by atoms with Crippen LogP contribution in [0.25, 0.3) is 21.5 Å². The summed E-state index contributed by atoms with van der Waals surface area (Å²) >= 11 is 0. The minimum absolute atomic E-state index is 0.981. The highest BCUT2D eigenvalue weighted by molar-refractivity contribution is 6.06. The minimum atomic E-state index is 0.981. The van der Waals surface area contributed by atoms with E-state index < -0.39 is 0 Å². The highest BCUT2D eigenvalue weighted by Gasteiger charge is 2.01. The van der Waals surface area contributed by atoms with Gasteiger partial charge in [-0.25, -0.2) is 0 Å². The van der Waals surface area contributed by atoms with Crippen LogP contribution < -0.4 is 5.43 Å². The Kier molecular flexibility index (Phi) is 3.49. The molecule has 0 radical (unpaired) electrons. The van der Waals surface area contributed by atoms with Crippen LogP contribution in [0.15, 0.2) is 90.0 Å². The Morgan fingerprint density at radius 1 is 0.652 bits per heavy atom. The summed E-state index contributed by atoms with van der Waals surface area (Å²) in [4.78, 5) is 0. The number of hydrogen-bond donors (Lipinski definition) is 1. The van der Waals surface area contributed by atoms with Gasteiger partial charge in [0.2, 0.25) is 0 Å². The molecule has 0 aliphatic carbocycles. The lowest BCUT2D eigenvalue weighted by Gasteiger charge is -2.05. The molecule has 0 atom stereocenters. The zero-order valence-corrected chi connectivity index (χ0v) is 12.6. The molecule has 0 spiro atoms. The van der Waals surface area contributed by atoms with Crippen molar-refractivity contribution >= 4 is 33.4 Å². The van der Waals surface area contributed by atoms with Crippen molar-refractivity contribution in [3.05, 3.63) is 90.5 Å². The van der Waals surface area contributed by atoms with Gasteiger partial charge in [-0.05, 0) is 45.8 Å². The summed E-state index contributed by atoms with van der Waals surface area (Å²) in [5, 5.41) is 9.32. The zero-order valence-electron chi connectivity index (χ0n) is 12.6. The lowest BCUT2D eigenvalue weighted by molar-refractivity contribution is 1.35. The molecule has 0 heterocycles. The van der Waals surface area contributed by atoms with Gasteiger partial charge in [0.05, 0.1) is 11.9 Å². The number of rotatable bonds is 3. The molecule has 4 rings (SSSR count). The van der Waals surface area contributed by atoms with Crippen molar-refractivity contribution in [2.24, 2.45) is 5.10 Å². The van der Waals surface area contributed by atoms with E-state index in [1.165, 1.54) is 21.5 Å². The highest BCUT2D eigenvalue weighted by atomic mass is 15.3. The number of anilines is 1. The molecule has 2 nitrogen and oxygen atoms in total. The van der Waals surface area contributed by atoms with E-state index in [2.05, 4.69) is 65.1 Å². The largest absolute Gasteiger partial charge is 0.279 e. The molecule has 4 aromatic carbocycles. The molecule has 0 saturated heterocycles. The van der Waals surface area contributed by atoms with E-state index >= 15 is 0 Å². The van der Waals surface area contributed by atoms with Crippen LogP contribution in [0.3, 0.4) is 0 Å². The summed E-state index contributed by atoms with van der Waals surface area (Å²) in [6, 6.07) is 29.2. The molecular formula is C21H16N2. The van der Waals surface area contributed by atoms with Crippen LogP contribution in [0.1, 0.15) is 5.56 Å². The Morgan fingerprint density at radius 2 is 1.35 bits per heavy atom. The van der Waals surface area contributed by atoms with Crippen molar-refractivity contribution in [2.75, 3.05) is 5.43 Å². The predicted octanol–water partition coefficient (Wildman–Crippen LogP) is 5.44. The number of nitrogens with zero attached hydrogens (tertiary/aromatic N) is 1. The van der Waals surface area contributed by atoms with Gasteiger partial charge in [0.25, 0.3) is 0 Å². The van der Waals surface area contributed by atoms with E-state index in [1.807, 2.05) is 36.5 Å². The second-order valence-electron chi connectivity index (χ2n) is 5.50. The average Bonchev–Trinajstić information content (AvgIpc) is 2.61. The van der Waals surface area contributed by atoms with Gasteiger partial charge in [-0.3, -0.25) is 5.43 Å². The number of hydrazone groups is 1. The summed E-state index contributed by atoms with van der Waals surface area (Å²) in [5.41, 5.74) is 5.15. The van der Waals surface area contributed by atoms with Crippen LogP contribution in [-0.4, -0.2) is 6.21 Å². The summed E-state index contributed by atoms with van der Waals surface area (Å²) in [6.45, 7) is 0. The van der Waals surface area contributed by atoms with Gasteiger partial charge in [0.1, 0.15) is 0 Å². The third-order valence-electron chi connectivity index (χ3n) is 3.95. The van der Waals surface area contributed by atoms with Gasteiger partial charge in [-0.2, -0.15) is 5.10 Å². The first-order chi connectivity index (χ1) is 11.4. The molecule has 0 aromatic heterocycles. The first-order valence-electron chi connectivity index (χ1n) is 7.66. The second kappa shape index (κ2) is 5.93. The van der Waals surface area contributed by atoms with Crippen LogP contribution in [-0.2, 0) is 0 Å². The van der Waals surface area contributed by atoms with Gasteiger partial charge >= 0.3 is 0 Å². The molecular weight excluding hydrogens is 280 g/mol. The number of hydrogen-bond acceptors (Lipinski definition) is 2. The molecule has 0 fully saturated rings. The minimum Gasteiger partial charge on any atom is -0.279 e. The van der Waals surface area contributed by atoms with E-state index in [9.17, 15) is 0 Å². The monoisotopic (exact) mass is 296 g/mol. The van der Waals surface area contributed by atoms with Crippen molar-refractivity contribution in [2.45, 2.75) is 0 Å². The maximum absolute atomic E-state index is 4.37. The Morgan fingerprint density at radius 3 is 2.17 bits per heavy atom. The first-order valence-corrected chi connectivity index (χ1v) is 7.66. The number of benzene rings is 4. The van der Waals surface area contributed by atoms with E-state index in [0.29, 0.717) is 0 Å². The second-order valence-corrected chi connectivity index (χ2v) is 5.50. The Balaban J connectivity index is 1.73. The van der Waals surface area contributed by atoms with E-state index in [-0.39, 0.29) is 0 Å². The molecule has 4 aromatic rings. The zero-order chi connectivity index (χ0) is 15.5. The van der Waals surface area contributed by atoms with E-state index in [0.717, 1.165) is 11.3 Å². The van der Waals surface area contributed by atoms with Crippen LogP contribution in [0.4, 0.5) is 5.69 Å². The van der Waals surface area contributed by atoms with Crippen molar-refractivity contribution < 1.29 is 0 Å². The van der Waals surface area contributed by atoms with Gasteiger partial charge in [-0.1, -0.05) is 60.7 Å². The lowest BCUT2D eigenvalue weighted by Crippen LogP contribution is -1.91. The number of nitrogens with one attached hydrogen (secondary N) is 1. The number of para-hydroxylation sites is 1. The lowest BCUT2D eigenvalue weighted by atomic mass is 10.0. The van der Waals surface area contributed by atoms with E-state index in [1.54, 1.807) is 0 Å². The van der Waals surface area contributed by atoms with Gasteiger partial charge in [-0.15, -0.1) is 0 Å². The molecule has 0 saturated carbocycles. The third-order valence-corrected chi connectivity index (χ3v) is 3.95. The summed E-state index contributed by atoms with van der Waals surface area (Å²) in [5.74, 6) is 0. The third kappa shape index (κ3) is 2.79. The fourth-order valence-corrected chi connectivity index (χ4v) is 2.79. The average molecular weight is 296 g/mol. The van der Waals surface area contributed by atoms with Crippen molar-refractivity contribution in [1.82, 2.24) is 0 Å². The Bertz CT molecular complexity index is 988. The van der Waals surface area contributed by atoms with Crippen molar-refractivity contribution in [1.29, 1.82) is 0 Å². The van der Waals surface area contributed by atoms with Crippen LogP contribution in [0, 0.1) is 0 Å². The molecule has 0 unspecified atom stereocenters. The maximum Gasteiger partial charge on any atom is 0.0561 e. The molecule has 2 heteroatoms. The fraction of sp³-hybridized carbons (Fsp3) is 0. The number of fused-ring (bicyclic) bond motifs is 2. The smallest absolute Gasteiger partial charge is 0.0561 e. The maximum atomic E-state index is 4.37. The summed E-state index contributed by atoms with van der Waals surface area (Å²) in [7, 11) is 0. The molecule has 0 aliphatic rings. The van der Waals surface area contributed by atoms with Gasteiger partial charge < -0.3 is 0 Å². The Hall–Kier alpha value is -3.13. The molecule has 0 aliphatic heterocycles. The van der Waals surface area contributed by atoms with Crippen molar-refractivity contribution in [3.63, 3.8) is 0 Å². The first kappa shape index (κ1) is 13.5. The summed E-state index contributed by atoms with van der Waals surface area (Å²) < 4.78 is 0. The predicted molar refractivity (Wildman–Crippen MR) is 99.1 cm³/mol. The molecule has 23 heavy (non-hydrogen) atoms. The summed E-state index contributed by atoms with van der Waals surface area (Å²) in [6.07, 6.45) is 1.88.